The molecule has 0 aliphatic carbocycles. The molecule has 1 N–H and O–H groups in total. The van der Waals surface area contributed by atoms with E-state index in [1.165, 1.54) is 16.0 Å². The maximum Gasteiger partial charge on any atom is 0.122 e. The van der Waals surface area contributed by atoms with Gasteiger partial charge < -0.3 is 10.1 Å². The van der Waals surface area contributed by atoms with Gasteiger partial charge >= 0.3 is 0 Å². The van der Waals surface area contributed by atoms with Crippen LogP contribution in [0.2, 0.25) is 0 Å². The zero-order valence-corrected chi connectivity index (χ0v) is 12.6. The average Bonchev–Trinajstić information content (AvgIpc) is 2.90. The van der Waals surface area contributed by atoms with Crippen molar-refractivity contribution in [2.45, 2.75) is 32.9 Å². The molecule has 102 valence electrons. The van der Waals surface area contributed by atoms with Gasteiger partial charge in [0.25, 0.3) is 0 Å². The average molecular weight is 275 g/mol. The van der Waals surface area contributed by atoms with Crippen molar-refractivity contribution in [2.75, 3.05) is 7.11 Å². The highest BCUT2D eigenvalue weighted by atomic mass is 32.1. The van der Waals surface area contributed by atoms with Gasteiger partial charge in [0.1, 0.15) is 5.75 Å². The normalized spacial score (nSPS) is 12.4. The van der Waals surface area contributed by atoms with Gasteiger partial charge in [0.15, 0.2) is 0 Å². The Labute approximate surface area is 119 Å². The third-order valence-electron chi connectivity index (χ3n) is 3.17. The molecule has 2 aromatic rings. The first-order valence-electron chi connectivity index (χ1n) is 6.58. The highest BCUT2D eigenvalue weighted by Gasteiger charge is 2.08. The van der Waals surface area contributed by atoms with Gasteiger partial charge in [0.05, 0.1) is 7.11 Å². The van der Waals surface area contributed by atoms with Crippen molar-refractivity contribution in [3.05, 3.63) is 51.7 Å². The quantitative estimate of drug-likeness (QED) is 0.866. The first-order valence-corrected chi connectivity index (χ1v) is 7.46. The van der Waals surface area contributed by atoms with Crippen LogP contribution in [0.25, 0.3) is 0 Å². The summed E-state index contributed by atoms with van der Waals surface area (Å²) in [6.45, 7) is 5.27. The third kappa shape index (κ3) is 4.08. The lowest BCUT2D eigenvalue weighted by Crippen LogP contribution is -2.27. The van der Waals surface area contributed by atoms with E-state index < -0.39 is 0 Å². The lowest BCUT2D eigenvalue weighted by atomic mass is 10.0. The van der Waals surface area contributed by atoms with Crippen LogP contribution in [0, 0.1) is 6.92 Å². The van der Waals surface area contributed by atoms with Gasteiger partial charge in [-0.15, -0.1) is 11.3 Å². The van der Waals surface area contributed by atoms with Crippen molar-refractivity contribution in [1.29, 1.82) is 0 Å². The second-order valence-electron chi connectivity index (χ2n) is 4.88. The zero-order valence-electron chi connectivity index (χ0n) is 11.8. The van der Waals surface area contributed by atoms with Crippen LogP contribution >= 0.6 is 11.3 Å². The molecule has 1 aromatic heterocycles. The molecular formula is C16H21NOS. The zero-order chi connectivity index (χ0) is 13.7. The molecule has 0 spiro atoms. The summed E-state index contributed by atoms with van der Waals surface area (Å²) >= 11 is 1.79. The Morgan fingerprint density at radius 1 is 1.32 bits per heavy atom. The number of ether oxygens (including phenoxy) is 1. The Hall–Kier alpha value is -1.32. The van der Waals surface area contributed by atoms with Crippen molar-refractivity contribution in [1.82, 2.24) is 5.32 Å². The molecule has 0 fully saturated rings. The van der Waals surface area contributed by atoms with E-state index in [0.717, 1.165) is 18.7 Å². The van der Waals surface area contributed by atoms with Gasteiger partial charge in [-0.1, -0.05) is 23.8 Å². The van der Waals surface area contributed by atoms with Gasteiger partial charge in [-0.25, -0.2) is 0 Å². The van der Waals surface area contributed by atoms with Crippen molar-refractivity contribution in [3.63, 3.8) is 0 Å². The van der Waals surface area contributed by atoms with E-state index in [1.54, 1.807) is 18.4 Å². The summed E-state index contributed by atoms with van der Waals surface area (Å²) in [4.78, 5) is 1.38. The molecule has 0 aliphatic rings. The molecule has 1 unspecified atom stereocenters. The van der Waals surface area contributed by atoms with Crippen LogP contribution in [-0.2, 0) is 13.0 Å². The van der Waals surface area contributed by atoms with Crippen LogP contribution in [-0.4, -0.2) is 13.2 Å². The molecule has 0 saturated heterocycles. The summed E-state index contributed by atoms with van der Waals surface area (Å²) in [6, 6.07) is 11.0. The minimum atomic E-state index is 0.429. The number of hydrogen-bond donors (Lipinski definition) is 1. The van der Waals surface area contributed by atoms with Gasteiger partial charge in [-0.2, -0.15) is 0 Å². The smallest absolute Gasteiger partial charge is 0.122 e. The minimum Gasteiger partial charge on any atom is -0.496 e. The Kier molecular flexibility index (Phi) is 5.00. The fourth-order valence-corrected chi connectivity index (χ4v) is 2.81. The molecular weight excluding hydrogens is 254 g/mol. The standard InChI is InChI=1S/C16H21NOS/c1-12-6-7-16(18-3)14(9-12)10-13(2)17-11-15-5-4-8-19-15/h4-9,13,17H,10-11H2,1-3H3. The highest BCUT2D eigenvalue weighted by Crippen LogP contribution is 2.21. The first-order chi connectivity index (χ1) is 9.19. The monoisotopic (exact) mass is 275 g/mol. The summed E-state index contributed by atoms with van der Waals surface area (Å²) in [5.74, 6) is 0.982. The third-order valence-corrected chi connectivity index (χ3v) is 4.04. The van der Waals surface area contributed by atoms with E-state index in [4.69, 9.17) is 4.74 Å². The highest BCUT2D eigenvalue weighted by molar-refractivity contribution is 7.09. The number of aryl methyl sites for hydroxylation is 1. The molecule has 0 saturated carbocycles. The Bertz CT molecular complexity index is 507. The molecule has 1 aromatic carbocycles. The van der Waals surface area contributed by atoms with Gasteiger partial charge in [0, 0.05) is 17.5 Å². The number of nitrogens with one attached hydrogen (secondary N) is 1. The molecule has 2 nitrogen and oxygen atoms in total. The first kappa shape index (κ1) is 14.1. The van der Waals surface area contributed by atoms with Crippen LogP contribution in [0.5, 0.6) is 5.75 Å². The van der Waals surface area contributed by atoms with E-state index in [2.05, 4.69) is 54.9 Å². The number of benzene rings is 1. The molecule has 2 rings (SSSR count). The largest absolute Gasteiger partial charge is 0.496 e. The van der Waals surface area contributed by atoms with Crippen molar-refractivity contribution in [2.24, 2.45) is 0 Å². The molecule has 0 aliphatic heterocycles. The van der Waals surface area contributed by atoms with Crippen molar-refractivity contribution < 1.29 is 4.74 Å². The molecule has 0 amide bonds. The molecule has 1 heterocycles. The van der Waals surface area contributed by atoms with E-state index in [1.807, 2.05) is 0 Å². The number of rotatable bonds is 6. The van der Waals surface area contributed by atoms with Crippen molar-refractivity contribution >= 4 is 11.3 Å². The summed E-state index contributed by atoms with van der Waals surface area (Å²) in [6.07, 6.45) is 0.982. The van der Waals surface area contributed by atoms with Gasteiger partial charge in [0.2, 0.25) is 0 Å². The van der Waals surface area contributed by atoms with E-state index in [0.29, 0.717) is 6.04 Å². The van der Waals surface area contributed by atoms with Crippen LogP contribution in [0.4, 0.5) is 0 Å². The number of thiophene rings is 1. The van der Waals surface area contributed by atoms with E-state index in [9.17, 15) is 0 Å². The predicted octanol–water partition coefficient (Wildman–Crippen LogP) is 3.79. The molecule has 0 radical (unpaired) electrons. The topological polar surface area (TPSA) is 21.3 Å². The Balaban J connectivity index is 1.94. The maximum absolute atomic E-state index is 5.43. The summed E-state index contributed by atoms with van der Waals surface area (Å²) in [5, 5.41) is 5.68. The lowest BCUT2D eigenvalue weighted by molar-refractivity contribution is 0.406. The Morgan fingerprint density at radius 2 is 2.16 bits per heavy atom. The van der Waals surface area contributed by atoms with Crippen molar-refractivity contribution in [3.8, 4) is 5.75 Å². The SMILES string of the molecule is COc1ccc(C)cc1CC(C)NCc1cccs1. The molecule has 3 heteroatoms. The lowest BCUT2D eigenvalue weighted by Gasteiger charge is -2.16. The molecule has 19 heavy (non-hydrogen) atoms. The van der Waals surface area contributed by atoms with E-state index >= 15 is 0 Å². The fourth-order valence-electron chi connectivity index (χ4n) is 2.16. The maximum atomic E-state index is 5.43. The van der Waals surface area contributed by atoms with Gasteiger partial charge in [-0.05, 0) is 43.3 Å². The predicted molar refractivity (Wildman–Crippen MR) is 82.1 cm³/mol. The second-order valence-corrected chi connectivity index (χ2v) is 5.91. The number of hydrogen-bond acceptors (Lipinski definition) is 3. The van der Waals surface area contributed by atoms with Crippen LogP contribution in [0.3, 0.4) is 0 Å². The van der Waals surface area contributed by atoms with E-state index in [-0.39, 0.29) is 0 Å². The fraction of sp³-hybridized carbons (Fsp3) is 0.375. The van der Waals surface area contributed by atoms with Crippen LogP contribution in [0.1, 0.15) is 22.9 Å². The summed E-state index contributed by atoms with van der Waals surface area (Å²) in [5.41, 5.74) is 2.55. The Morgan fingerprint density at radius 3 is 2.84 bits per heavy atom. The molecule has 0 bridgehead atoms. The molecule has 1 atom stereocenters. The van der Waals surface area contributed by atoms with Crippen LogP contribution < -0.4 is 10.1 Å². The van der Waals surface area contributed by atoms with Gasteiger partial charge in [-0.3, -0.25) is 0 Å². The van der Waals surface area contributed by atoms with Crippen LogP contribution in [0.15, 0.2) is 35.7 Å². The summed E-state index contributed by atoms with van der Waals surface area (Å²) in [7, 11) is 1.73. The minimum absolute atomic E-state index is 0.429. The number of methoxy groups -OCH3 is 1. The second kappa shape index (κ2) is 6.73. The summed E-state index contributed by atoms with van der Waals surface area (Å²) < 4.78 is 5.43.